The van der Waals surface area contributed by atoms with Gasteiger partial charge in [0.15, 0.2) is 5.75 Å². The minimum absolute atomic E-state index is 0.00706. The molecule has 0 saturated heterocycles. The average molecular weight is 423 g/mol. The summed E-state index contributed by atoms with van der Waals surface area (Å²) in [5.41, 5.74) is 6.83. The molecule has 10 heteroatoms. The first-order valence-electron chi connectivity index (χ1n) is 7.73. The Hall–Kier alpha value is -2.68. The number of phenols is 1. The van der Waals surface area contributed by atoms with E-state index in [0.717, 1.165) is 27.6 Å². The second kappa shape index (κ2) is 6.80. The molecule has 3 aromatic rings. The van der Waals surface area contributed by atoms with E-state index in [0.29, 0.717) is 10.4 Å². The number of halogens is 2. The Balaban J connectivity index is 1.73. The van der Waals surface area contributed by atoms with Gasteiger partial charge in [-0.1, -0.05) is 46.7 Å². The third-order valence-electron chi connectivity index (χ3n) is 4.05. The molecule has 2 aromatic carbocycles. The topological polar surface area (TPSA) is 98.9 Å². The maximum absolute atomic E-state index is 12.3. The van der Waals surface area contributed by atoms with E-state index < -0.39 is 0 Å². The van der Waals surface area contributed by atoms with Gasteiger partial charge in [-0.25, -0.2) is 5.53 Å². The number of rotatable bonds is 3. The molecular formula is C17H12Cl2N4O3S. The summed E-state index contributed by atoms with van der Waals surface area (Å²) in [6.45, 7) is 0.00706. The van der Waals surface area contributed by atoms with Crippen LogP contribution in [-0.4, -0.2) is 14.8 Å². The second-order valence-corrected chi connectivity index (χ2v) is 7.56. The number of aromatic hydroxyl groups is 2. The number of nitrogens with one attached hydrogen (secondary N) is 2. The highest BCUT2D eigenvalue weighted by Gasteiger charge is 2.16. The van der Waals surface area contributed by atoms with E-state index in [1.165, 1.54) is 10.6 Å². The summed E-state index contributed by atoms with van der Waals surface area (Å²) in [5, 5.41) is 26.1. The molecular weight excluding hydrogens is 411 g/mol. The Bertz CT molecular complexity index is 1240. The SMILES string of the molecule is O=c1sc(C=c2ccc3c(c2)NNN=3)c(O)n1Cc1ccc(Cl)c(O)c1Cl. The van der Waals surface area contributed by atoms with Crippen LogP contribution in [0.25, 0.3) is 6.08 Å². The number of hydrogen-bond acceptors (Lipinski definition) is 7. The van der Waals surface area contributed by atoms with Gasteiger partial charge in [-0.05, 0) is 35.1 Å². The summed E-state index contributed by atoms with van der Waals surface area (Å²) in [6, 6.07) is 8.58. The summed E-state index contributed by atoms with van der Waals surface area (Å²) in [6.07, 6.45) is 1.71. The lowest BCUT2D eigenvalue weighted by atomic mass is 10.2. The number of thiazole rings is 1. The van der Waals surface area contributed by atoms with Crippen LogP contribution in [0.15, 0.2) is 40.2 Å². The van der Waals surface area contributed by atoms with Crippen molar-refractivity contribution in [3.8, 4) is 11.6 Å². The highest BCUT2D eigenvalue weighted by Crippen LogP contribution is 2.35. The summed E-state index contributed by atoms with van der Waals surface area (Å²) in [5.74, 6) is -0.429. The zero-order valence-electron chi connectivity index (χ0n) is 13.5. The Morgan fingerprint density at radius 3 is 2.85 bits per heavy atom. The summed E-state index contributed by atoms with van der Waals surface area (Å²) < 4.78 is 1.19. The lowest BCUT2D eigenvalue weighted by molar-refractivity contribution is 0.420. The maximum atomic E-state index is 12.3. The van der Waals surface area contributed by atoms with E-state index >= 15 is 0 Å². The molecule has 0 atom stereocenters. The van der Waals surface area contributed by atoms with Gasteiger partial charge in [-0.15, -0.1) is 0 Å². The third kappa shape index (κ3) is 3.23. The van der Waals surface area contributed by atoms with Crippen LogP contribution in [0, 0.1) is 0 Å². The Morgan fingerprint density at radius 2 is 2.04 bits per heavy atom. The number of hydrazine groups is 1. The van der Waals surface area contributed by atoms with Crippen molar-refractivity contribution in [1.82, 2.24) is 10.1 Å². The van der Waals surface area contributed by atoms with Crippen LogP contribution in [0.3, 0.4) is 0 Å². The van der Waals surface area contributed by atoms with E-state index in [1.54, 1.807) is 12.1 Å². The number of aromatic nitrogens is 1. The molecule has 0 amide bonds. The Morgan fingerprint density at radius 1 is 1.22 bits per heavy atom. The monoisotopic (exact) mass is 422 g/mol. The smallest absolute Gasteiger partial charge is 0.310 e. The fourth-order valence-corrected chi connectivity index (χ4v) is 3.94. The third-order valence-corrected chi connectivity index (χ3v) is 5.70. The molecule has 0 radical (unpaired) electrons. The lowest BCUT2D eigenvalue weighted by Crippen LogP contribution is -2.13. The number of nitrogens with zero attached hydrogens (tertiary/aromatic N) is 2. The first-order valence-corrected chi connectivity index (χ1v) is 9.30. The summed E-state index contributed by atoms with van der Waals surface area (Å²) in [7, 11) is 0. The predicted molar refractivity (Wildman–Crippen MR) is 105 cm³/mol. The van der Waals surface area contributed by atoms with Crippen molar-refractivity contribution in [2.24, 2.45) is 5.10 Å². The van der Waals surface area contributed by atoms with Crippen molar-refractivity contribution in [1.29, 1.82) is 0 Å². The van der Waals surface area contributed by atoms with Gasteiger partial charge >= 0.3 is 4.87 Å². The number of hydrogen-bond donors (Lipinski definition) is 4. The van der Waals surface area contributed by atoms with Gasteiger partial charge in [0.1, 0.15) is 5.36 Å². The largest absolute Gasteiger partial charge is 0.505 e. The van der Waals surface area contributed by atoms with E-state index in [-0.39, 0.29) is 33.1 Å². The summed E-state index contributed by atoms with van der Waals surface area (Å²) in [4.78, 5) is 12.4. The molecule has 138 valence electrons. The van der Waals surface area contributed by atoms with Gasteiger partial charge < -0.3 is 10.2 Å². The number of anilines is 1. The van der Waals surface area contributed by atoms with E-state index in [4.69, 9.17) is 23.2 Å². The molecule has 4 N–H and O–H groups in total. The van der Waals surface area contributed by atoms with Gasteiger partial charge in [-0.2, -0.15) is 5.10 Å². The van der Waals surface area contributed by atoms with Gasteiger partial charge in [0.05, 0.1) is 27.2 Å². The fraction of sp³-hybridized carbons (Fsp3) is 0.0588. The first-order chi connectivity index (χ1) is 12.9. The molecule has 1 aliphatic heterocycles. The van der Waals surface area contributed by atoms with Crippen molar-refractivity contribution in [3.63, 3.8) is 0 Å². The average Bonchev–Trinajstić information content (AvgIpc) is 3.21. The fourth-order valence-electron chi connectivity index (χ4n) is 2.66. The van der Waals surface area contributed by atoms with Crippen molar-refractivity contribution in [2.75, 3.05) is 5.43 Å². The maximum Gasteiger partial charge on any atom is 0.310 e. The minimum atomic E-state index is -0.347. The second-order valence-electron chi connectivity index (χ2n) is 5.78. The Kier molecular flexibility index (Phi) is 4.47. The molecule has 0 unspecified atom stereocenters. The highest BCUT2D eigenvalue weighted by molar-refractivity contribution is 7.10. The zero-order valence-corrected chi connectivity index (χ0v) is 15.9. The van der Waals surface area contributed by atoms with Crippen LogP contribution in [0.5, 0.6) is 11.6 Å². The minimum Gasteiger partial charge on any atom is -0.505 e. The number of phenolic OH excluding ortho intramolecular Hbond substituents is 1. The van der Waals surface area contributed by atoms with Crippen molar-refractivity contribution < 1.29 is 10.2 Å². The van der Waals surface area contributed by atoms with Crippen molar-refractivity contribution in [2.45, 2.75) is 6.54 Å². The van der Waals surface area contributed by atoms with Gasteiger partial charge in [0.25, 0.3) is 0 Å². The molecule has 7 nitrogen and oxygen atoms in total. The molecule has 27 heavy (non-hydrogen) atoms. The van der Waals surface area contributed by atoms with E-state index in [9.17, 15) is 15.0 Å². The summed E-state index contributed by atoms with van der Waals surface area (Å²) >= 11 is 12.8. The van der Waals surface area contributed by atoms with Crippen LogP contribution in [0.4, 0.5) is 5.69 Å². The van der Waals surface area contributed by atoms with E-state index in [2.05, 4.69) is 16.1 Å². The quantitative estimate of drug-likeness (QED) is 0.517. The predicted octanol–water partition coefficient (Wildman–Crippen LogP) is 1.97. The molecule has 4 rings (SSSR count). The van der Waals surface area contributed by atoms with Crippen LogP contribution in [-0.2, 0) is 6.54 Å². The molecule has 1 aromatic heterocycles. The van der Waals surface area contributed by atoms with Crippen molar-refractivity contribution in [3.05, 3.63) is 71.1 Å². The number of fused-ring (bicyclic) bond motifs is 1. The van der Waals surface area contributed by atoms with Crippen LogP contribution < -0.4 is 26.4 Å². The molecule has 0 aliphatic carbocycles. The molecule has 0 spiro atoms. The number of benzene rings is 2. The molecule has 0 bridgehead atoms. The van der Waals surface area contributed by atoms with Crippen LogP contribution in [0.1, 0.15) is 10.4 Å². The van der Waals surface area contributed by atoms with Crippen molar-refractivity contribution >= 4 is 46.3 Å². The normalized spacial score (nSPS) is 13.0. The highest BCUT2D eigenvalue weighted by atomic mass is 35.5. The standard InChI is InChI=1S/C17H12Cl2N4O3S/c18-10-3-2-9(14(19)15(10)24)7-23-16(25)13(27-17(23)26)6-8-1-4-11-12(5-8)21-22-20-11/h1-6,21-22,24-25H,7H2. The molecule has 0 fully saturated rings. The Labute approximate surface area is 166 Å². The zero-order chi connectivity index (χ0) is 19.1. The van der Waals surface area contributed by atoms with Crippen LogP contribution in [0.2, 0.25) is 10.0 Å². The van der Waals surface area contributed by atoms with Crippen LogP contribution >= 0.6 is 34.5 Å². The van der Waals surface area contributed by atoms with Gasteiger partial charge in [0, 0.05) is 0 Å². The van der Waals surface area contributed by atoms with Gasteiger partial charge in [-0.3, -0.25) is 14.8 Å². The van der Waals surface area contributed by atoms with Gasteiger partial charge in [0.2, 0.25) is 5.88 Å². The lowest BCUT2D eigenvalue weighted by Gasteiger charge is -2.08. The van der Waals surface area contributed by atoms with E-state index in [1.807, 2.05) is 18.2 Å². The molecule has 0 saturated carbocycles. The molecule has 1 aliphatic rings. The first kappa shape index (κ1) is 17.7. The molecule has 2 heterocycles.